The first-order valence-electron chi connectivity index (χ1n) is 8.13. The molecule has 2 N–H and O–H groups in total. The molecule has 2 amide bonds. The van der Waals surface area contributed by atoms with Crippen molar-refractivity contribution < 1.29 is 9.21 Å². The molecule has 0 aliphatic rings. The summed E-state index contributed by atoms with van der Waals surface area (Å²) >= 11 is 1.48. The zero-order valence-corrected chi connectivity index (χ0v) is 15.3. The van der Waals surface area contributed by atoms with E-state index in [2.05, 4.69) is 46.8 Å². The molecule has 0 saturated carbocycles. The molecule has 0 fully saturated rings. The van der Waals surface area contributed by atoms with Crippen LogP contribution in [0.1, 0.15) is 40.5 Å². The Morgan fingerprint density at radius 2 is 2.12 bits per heavy atom. The van der Waals surface area contributed by atoms with Gasteiger partial charge < -0.3 is 9.73 Å². The van der Waals surface area contributed by atoms with E-state index in [0.29, 0.717) is 5.13 Å². The van der Waals surface area contributed by atoms with Gasteiger partial charge in [0.25, 0.3) is 0 Å². The topological polar surface area (TPSA) is 67.2 Å². The molecule has 3 aromatic rings. The van der Waals surface area contributed by atoms with Crippen LogP contribution in [0.2, 0.25) is 0 Å². The molecule has 130 valence electrons. The fraction of sp³-hybridized carbons (Fsp3) is 0.263. The van der Waals surface area contributed by atoms with Crippen molar-refractivity contribution in [1.82, 2.24) is 10.3 Å². The number of nitrogens with one attached hydrogen (secondary N) is 2. The lowest BCUT2D eigenvalue weighted by Crippen LogP contribution is -2.30. The number of rotatable bonds is 5. The standard InChI is InChI=1S/C19H21N3O2S/c1-12-5-4-6-15(9-12)10-16-11-20-19(25-16)22-18(23)21-14(3)17-8-7-13(2)24-17/h4-9,11,14H,10H2,1-3H3,(H2,20,21,22,23)/t14-/m0/s1. The summed E-state index contributed by atoms with van der Waals surface area (Å²) < 4.78 is 5.52. The Labute approximate surface area is 151 Å². The Hall–Kier alpha value is -2.60. The van der Waals surface area contributed by atoms with Crippen LogP contribution in [0.15, 0.2) is 47.0 Å². The van der Waals surface area contributed by atoms with Gasteiger partial charge in [0.2, 0.25) is 0 Å². The zero-order valence-electron chi connectivity index (χ0n) is 14.5. The molecule has 0 aliphatic heterocycles. The number of aryl methyl sites for hydroxylation is 2. The third-order valence-corrected chi connectivity index (χ3v) is 4.68. The van der Waals surface area contributed by atoms with Gasteiger partial charge in [-0.15, -0.1) is 11.3 Å². The van der Waals surface area contributed by atoms with Gasteiger partial charge >= 0.3 is 6.03 Å². The number of aromatic nitrogens is 1. The third-order valence-electron chi connectivity index (χ3n) is 3.77. The van der Waals surface area contributed by atoms with Crippen molar-refractivity contribution in [2.24, 2.45) is 0 Å². The molecule has 6 heteroatoms. The van der Waals surface area contributed by atoms with Gasteiger partial charge in [0.15, 0.2) is 5.13 Å². The number of anilines is 1. The Kier molecular flexibility index (Phi) is 5.19. The number of benzene rings is 1. The fourth-order valence-corrected chi connectivity index (χ4v) is 3.40. The molecule has 25 heavy (non-hydrogen) atoms. The van der Waals surface area contributed by atoms with Crippen LogP contribution in [-0.4, -0.2) is 11.0 Å². The first kappa shape index (κ1) is 17.2. The minimum Gasteiger partial charge on any atom is -0.464 e. The van der Waals surface area contributed by atoms with Crippen LogP contribution in [0.5, 0.6) is 0 Å². The van der Waals surface area contributed by atoms with Gasteiger partial charge in [-0.05, 0) is 38.5 Å². The summed E-state index contributed by atoms with van der Waals surface area (Å²) in [6.45, 7) is 5.83. The van der Waals surface area contributed by atoms with Crippen molar-refractivity contribution in [3.63, 3.8) is 0 Å². The summed E-state index contributed by atoms with van der Waals surface area (Å²) in [5, 5.41) is 6.22. The largest absolute Gasteiger partial charge is 0.464 e. The van der Waals surface area contributed by atoms with Crippen LogP contribution in [0.25, 0.3) is 0 Å². The van der Waals surface area contributed by atoms with E-state index in [0.717, 1.165) is 22.8 Å². The van der Waals surface area contributed by atoms with E-state index in [-0.39, 0.29) is 12.1 Å². The molecule has 1 atom stereocenters. The van der Waals surface area contributed by atoms with Gasteiger partial charge in [0.05, 0.1) is 6.04 Å². The van der Waals surface area contributed by atoms with E-state index in [1.807, 2.05) is 32.2 Å². The first-order chi connectivity index (χ1) is 12.0. The lowest BCUT2D eigenvalue weighted by molar-refractivity contribution is 0.247. The second-order valence-electron chi connectivity index (χ2n) is 6.07. The van der Waals surface area contributed by atoms with Gasteiger partial charge in [-0.2, -0.15) is 0 Å². The monoisotopic (exact) mass is 355 g/mol. The quantitative estimate of drug-likeness (QED) is 0.689. The molecular weight excluding hydrogens is 334 g/mol. The van der Waals surface area contributed by atoms with Gasteiger partial charge in [-0.1, -0.05) is 29.8 Å². The van der Waals surface area contributed by atoms with Crippen molar-refractivity contribution in [1.29, 1.82) is 0 Å². The lowest BCUT2D eigenvalue weighted by Gasteiger charge is -2.11. The van der Waals surface area contributed by atoms with Crippen LogP contribution < -0.4 is 10.6 Å². The maximum atomic E-state index is 12.1. The molecule has 0 saturated heterocycles. The van der Waals surface area contributed by atoms with Crippen LogP contribution in [0.4, 0.5) is 9.93 Å². The molecule has 0 radical (unpaired) electrons. The third kappa shape index (κ3) is 4.70. The van der Waals surface area contributed by atoms with Gasteiger partial charge in [0, 0.05) is 17.5 Å². The van der Waals surface area contributed by atoms with Crippen LogP contribution >= 0.6 is 11.3 Å². The summed E-state index contributed by atoms with van der Waals surface area (Å²) in [6.07, 6.45) is 2.62. The lowest BCUT2D eigenvalue weighted by atomic mass is 10.1. The molecule has 3 rings (SSSR count). The van der Waals surface area contributed by atoms with Crippen LogP contribution in [-0.2, 0) is 6.42 Å². The summed E-state index contributed by atoms with van der Waals surface area (Å²) in [5.74, 6) is 1.55. The molecule has 0 spiro atoms. The van der Waals surface area contributed by atoms with Gasteiger partial charge in [-0.3, -0.25) is 5.32 Å². The summed E-state index contributed by atoms with van der Waals surface area (Å²) in [6, 6.07) is 11.6. The smallest absolute Gasteiger partial charge is 0.321 e. The van der Waals surface area contributed by atoms with E-state index in [4.69, 9.17) is 4.42 Å². The SMILES string of the molecule is Cc1cccc(Cc2cnc(NC(=O)N[C@@H](C)c3ccc(C)o3)s2)c1. The molecule has 0 aliphatic carbocycles. The molecular formula is C19H21N3O2S. The minimum absolute atomic E-state index is 0.208. The van der Waals surface area contributed by atoms with Crippen molar-refractivity contribution in [3.8, 4) is 0 Å². The van der Waals surface area contributed by atoms with E-state index < -0.39 is 0 Å². The number of hydrogen-bond donors (Lipinski definition) is 2. The Balaban J connectivity index is 1.56. The number of urea groups is 1. The maximum absolute atomic E-state index is 12.1. The molecule has 1 aromatic carbocycles. The minimum atomic E-state index is -0.294. The maximum Gasteiger partial charge on any atom is 0.321 e. The number of carbonyl (C=O) groups is 1. The molecule has 2 aromatic heterocycles. The number of thiazole rings is 1. The Morgan fingerprint density at radius 1 is 1.28 bits per heavy atom. The van der Waals surface area contributed by atoms with E-state index in [9.17, 15) is 4.79 Å². The molecule has 2 heterocycles. The number of nitrogens with zero attached hydrogens (tertiary/aromatic N) is 1. The van der Waals surface area contributed by atoms with Crippen LogP contribution in [0, 0.1) is 13.8 Å². The zero-order chi connectivity index (χ0) is 17.8. The number of carbonyl (C=O) groups excluding carboxylic acids is 1. The normalized spacial score (nSPS) is 12.0. The van der Waals surface area contributed by atoms with Crippen molar-refractivity contribution >= 4 is 22.5 Å². The van der Waals surface area contributed by atoms with Gasteiger partial charge in [-0.25, -0.2) is 9.78 Å². The summed E-state index contributed by atoms with van der Waals surface area (Å²) in [7, 11) is 0. The summed E-state index contributed by atoms with van der Waals surface area (Å²) in [5.41, 5.74) is 2.48. The van der Waals surface area contributed by atoms with Crippen molar-refractivity contribution in [3.05, 3.63) is 70.1 Å². The van der Waals surface area contributed by atoms with E-state index in [1.165, 1.54) is 22.5 Å². The summed E-state index contributed by atoms with van der Waals surface area (Å²) in [4.78, 5) is 17.5. The average Bonchev–Trinajstić information content (AvgIpc) is 3.16. The average molecular weight is 355 g/mol. The predicted molar refractivity (Wildman–Crippen MR) is 100 cm³/mol. The molecule has 5 nitrogen and oxygen atoms in total. The highest BCUT2D eigenvalue weighted by atomic mass is 32.1. The second-order valence-corrected chi connectivity index (χ2v) is 7.18. The van der Waals surface area contributed by atoms with E-state index >= 15 is 0 Å². The first-order valence-corrected chi connectivity index (χ1v) is 8.95. The molecule has 0 bridgehead atoms. The van der Waals surface area contributed by atoms with Gasteiger partial charge in [0.1, 0.15) is 11.5 Å². The highest BCUT2D eigenvalue weighted by molar-refractivity contribution is 7.15. The van der Waals surface area contributed by atoms with E-state index in [1.54, 1.807) is 0 Å². The number of amides is 2. The van der Waals surface area contributed by atoms with Crippen molar-refractivity contribution in [2.45, 2.75) is 33.2 Å². The highest BCUT2D eigenvalue weighted by Gasteiger charge is 2.14. The predicted octanol–water partition coefficient (Wildman–Crippen LogP) is 4.83. The highest BCUT2D eigenvalue weighted by Crippen LogP contribution is 2.22. The Bertz CT molecular complexity index is 869. The number of furan rings is 1. The fourth-order valence-electron chi connectivity index (χ4n) is 2.56. The number of hydrogen-bond acceptors (Lipinski definition) is 4. The molecule has 0 unspecified atom stereocenters. The van der Waals surface area contributed by atoms with Crippen LogP contribution in [0.3, 0.4) is 0 Å². The second kappa shape index (κ2) is 7.53. The van der Waals surface area contributed by atoms with Crippen molar-refractivity contribution in [2.75, 3.05) is 5.32 Å². The Morgan fingerprint density at radius 3 is 2.84 bits per heavy atom.